The van der Waals surface area contributed by atoms with Gasteiger partial charge in [0.2, 0.25) is 0 Å². The SMILES string of the molecule is Fc1ccc(-c2cc(Nc3ccccc3)nc(-c3ccncc3)n2)cc1. The Labute approximate surface area is 150 Å². The molecular weight excluding hydrogens is 327 g/mol. The molecule has 0 aliphatic carbocycles. The molecule has 0 saturated heterocycles. The molecule has 2 aromatic heterocycles. The molecule has 0 aliphatic rings. The van der Waals surface area contributed by atoms with Crippen LogP contribution in [0.15, 0.2) is 85.2 Å². The number of aromatic nitrogens is 3. The lowest BCUT2D eigenvalue weighted by Crippen LogP contribution is -1.99. The minimum atomic E-state index is -0.278. The quantitative estimate of drug-likeness (QED) is 0.561. The molecule has 26 heavy (non-hydrogen) atoms. The largest absolute Gasteiger partial charge is 0.340 e. The second kappa shape index (κ2) is 7.11. The van der Waals surface area contributed by atoms with Crippen LogP contribution in [0.25, 0.3) is 22.6 Å². The zero-order valence-electron chi connectivity index (χ0n) is 13.8. The second-order valence-electron chi connectivity index (χ2n) is 5.70. The maximum atomic E-state index is 13.3. The maximum Gasteiger partial charge on any atom is 0.162 e. The molecule has 0 fully saturated rings. The summed E-state index contributed by atoms with van der Waals surface area (Å²) in [7, 11) is 0. The van der Waals surface area contributed by atoms with Crippen molar-refractivity contribution in [2.75, 3.05) is 5.32 Å². The van der Waals surface area contributed by atoms with Crippen molar-refractivity contribution in [3.05, 3.63) is 91.0 Å². The number of halogens is 1. The van der Waals surface area contributed by atoms with Gasteiger partial charge in [0.1, 0.15) is 11.6 Å². The Bertz CT molecular complexity index is 1000. The molecule has 5 heteroatoms. The molecule has 0 spiro atoms. The Morgan fingerprint density at radius 2 is 1.46 bits per heavy atom. The standard InChI is InChI=1S/C21H15FN4/c22-17-8-6-15(7-9-17)19-14-20(24-18-4-2-1-3-5-18)26-21(25-19)16-10-12-23-13-11-16/h1-14H,(H,24,25,26). The predicted molar refractivity (Wildman–Crippen MR) is 100 cm³/mol. The first-order chi connectivity index (χ1) is 12.8. The van der Waals surface area contributed by atoms with Gasteiger partial charge in [-0.05, 0) is 48.5 Å². The molecule has 4 aromatic rings. The lowest BCUT2D eigenvalue weighted by atomic mass is 10.1. The molecule has 2 heterocycles. The minimum Gasteiger partial charge on any atom is -0.340 e. The van der Waals surface area contributed by atoms with Gasteiger partial charge in [-0.2, -0.15) is 0 Å². The highest BCUT2D eigenvalue weighted by Gasteiger charge is 2.09. The number of pyridine rings is 1. The van der Waals surface area contributed by atoms with Gasteiger partial charge in [0.15, 0.2) is 5.82 Å². The summed E-state index contributed by atoms with van der Waals surface area (Å²) >= 11 is 0. The van der Waals surface area contributed by atoms with Crippen LogP contribution < -0.4 is 5.32 Å². The van der Waals surface area contributed by atoms with Crippen molar-refractivity contribution in [3.63, 3.8) is 0 Å². The fraction of sp³-hybridized carbons (Fsp3) is 0. The van der Waals surface area contributed by atoms with Gasteiger partial charge in [-0.15, -0.1) is 0 Å². The molecule has 0 bridgehead atoms. The van der Waals surface area contributed by atoms with Gasteiger partial charge < -0.3 is 5.32 Å². The summed E-state index contributed by atoms with van der Waals surface area (Å²) in [6, 6.07) is 21.6. The van der Waals surface area contributed by atoms with Crippen LogP contribution in [0.3, 0.4) is 0 Å². The van der Waals surface area contributed by atoms with E-state index in [2.05, 4.69) is 20.3 Å². The van der Waals surface area contributed by atoms with E-state index in [1.165, 1.54) is 12.1 Å². The second-order valence-corrected chi connectivity index (χ2v) is 5.70. The number of rotatable bonds is 4. The first kappa shape index (κ1) is 15.9. The molecule has 0 unspecified atom stereocenters. The van der Waals surface area contributed by atoms with E-state index in [1.807, 2.05) is 48.5 Å². The van der Waals surface area contributed by atoms with Crippen LogP contribution >= 0.6 is 0 Å². The highest BCUT2D eigenvalue weighted by molar-refractivity contribution is 5.69. The van der Waals surface area contributed by atoms with Gasteiger partial charge in [0.05, 0.1) is 5.69 Å². The van der Waals surface area contributed by atoms with Crippen LogP contribution in [-0.2, 0) is 0 Å². The molecule has 4 rings (SSSR count). The Hall–Kier alpha value is -3.60. The average molecular weight is 342 g/mol. The minimum absolute atomic E-state index is 0.278. The Kier molecular flexibility index (Phi) is 4.35. The van der Waals surface area contributed by atoms with Crippen molar-refractivity contribution >= 4 is 11.5 Å². The number of nitrogens with zero attached hydrogens (tertiary/aromatic N) is 3. The molecule has 4 nitrogen and oxygen atoms in total. The Balaban J connectivity index is 1.80. The number of benzene rings is 2. The van der Waals surface area contributed by atoms with Gasteiger partial charge in [-0.25, -0.2) is 14.4 Å². The number of nitrogens with one attached hydrogen (secondary N) is 1. The van der Waals surface area contributed by atoms with Crippen LogP contribution in [0.5, 0.6) is 0 Å². The van der Waals surface area contributed by atoms with Gasteiger partial charge >= 0.3 is 0 Å². The van der Waals surface area contributed by atoms with Crippen LogP contribution in [0.2, 0.25) is 0 Å². The van der Waals surface area contributed by atoms with Crippen molar-refractivity contribution in [1.29, 1.82) is 0 Å². The van der Waals surface area contributed by atoms with E-state index in [1.54, 1.807) is 24.5 Å². The molecule has 126 valence electrons. The number of hydrogen-bond donors (Lipinski definition) is 1. The monoisotopic (exact) mass is 342 g/mol. The number of hydrogen-bond acceptors (Lipinski definition) is 4. The number of para-hydroxylation sites is 1. The topological polar surface area (TPSA) is 50.7 Å². The summed E-state index contributed by atoms with van der Waals surface area (Å²) in [4.78, 5) is 13.3. The summed E-state index contributed by atoms with van der Waals surface area (Å²) in [6.07, 6.45) is 3.40. The van der Waals surface area contributed by atoms with Gasteiger partial charge in [-0.3, -0.25) is 4.98 Å². The number of anilines is 2. The average Bonchev–Trinajstić information content (AvgIpc) is 2.70. The Morgan fingerprint density at radius 3 is 2.19 bits per heavy atom. The molecular formula is C21H15FN4. The molecule has 2 aromatic carbocycles. The van der Waals surface area contributed by atoms with Crippen LogP contribution in [0.4, 0.5) is 15.9 Å². The third kappa shape index (κ3) is 3.57. The molecule has 0 amide bonds. The van der Waals surface area contributed by atoms with E-state index in [4.69, 9.17) is 0 Å². The van der Waals surface area contributed by atoms with Crippen LogP contribution in [0.1, 0.15) is 0 Å². The van der Waals surface area contributed by atoms with E-state index in [0.717, 1.165) is 16.8 Å². The third-order valence-corrected chi connectivity index (χ3v) is 3.85. The molecule has 1 N–H and O–H groups in total. The fourth-order valence-electron chi connectivity index (χ4n) is 2.58. The third-order valence-electron chi connectivity index (χ3n) is 3.85. The summed E-state index contributed by atoms with van der Waals surface area (Å²) in [6.45, 7) is 0. The van der Waals surface area contributed by atoms with E-state index >= 15 is 0 Å². The van der Waals surface area contributed by atoms with E-state index in [-0.39, 0.29) is 5.82 Å². The maximum absolute atomic E-state index is 13.3. The first-order valence-electron chi connectivity index (χ1n) is 8.15. The lowest BCUT2D eigenvalue weighted by molar-refractivity contribution is 0.628. The molecule has 0 radical (unpaired) electrons. The lowest BCUT2D eigenvalue weighted by Gasteiger charge is -2.10. The zero-order valence-corrected chi connectivity index (χ0v) is 13.8. The van der Waals surface area contributed by atoms with Gasteiger partial charge in [0.25, 0.3) is 0 Å². The molecule has 0 aliphatic heterocycles. The summed E-state index contributed by atoms with van der Waals surface area (Å²) in [5.74, 6) is 0.963. The van der Waals surface area contributed by atoms with E-state index < -0.39 is 0 Å². The summed E-state index contributed by atoms with van der Waals surface area (Å²) in [5.41, 5.74) is 3.32. The van der Waals surface area contributed by atoms with Crippen molar-refractivity contribution < 1.29 is 4.39 Å². The highest BCUT2D eigenvalue weighted by atomic mass is 19.1. The first-order valence-corrected chi connectivity index (χ1v) is 8.15. The van der Waals surface area contributed by atoms with E-state index in [0.29, 0.717) is 17.3 Å². The van der Waals surface area contributed by atoms with Crippen molar-refractivity contribution in [3.8, 4) is 22.6 Å². The fourth-order valence-corrected chi connectivity index (χ4v) is 2.58. The summed E-state index contributed by atoms with van der Waals surface area (Å²) in [5, 5.41) is 3.29. The van der Waals surface area contributed by atoms with Crippen molar-refractivity contribution in [1.82, 2.24) is 15.0 Å². The smallest absolute Gasteiger partial charge is 0.162 e. The highest BCUT2D eigenvalue weighted by Crippen LogP contribution is 2.26. The summed E-state index contributed by atoms with van der Waals surface area (Å²) < 4.78 is 13.3. The van der Waals surface area contributed by atoms with Crippen molar-refractivity contribution in [2.24, 2.45) is 0 Å². The van der Waals surface area contributed by atoms with Crippen LogP contribution in [-0.4, -0.2) is 15.0 Å². The molecule has 0 saturated carbocycles. The predicted octanol–water partition coefficient (Wildman–Crippen LogP) is 5.09. The zero-order chi connectivity index (χ0) is 17.8. The van der Waals surface area contributed by atoms with Gasteiger partial charge in [0, 0.05) is 35.3 Å². The van der Waals surface area contributed by atoms with Crippen LogP contribution in [0, 0.1) is 5.82 Å². The van der Waals surface area contributed by atoms with Crippen molar-refractivity contribution in [2.45, 2.75) is 0 Å². The normalized spacial score (nSPS) is 10.5. The van der Waals surface area contributed by atoms with Gasteiger partial charge in [-0.1, -0.05) is 18.2 Å². The Morgan fingerprint density at radius 1 is 0.731 bits per heavy atom. The molecule has 0 atom stereocenters. The van der Waals surface area contributed by atoms with E-state index in [9.17, 15) is 4.39 Å².